The third-order valence-corrected chi connectivity index (χ3v) is 5.18. The molecule has 2 unspecified atom stereocenters. The smallest absolute Gasteiger partial charge is 0.223 e. The maximum atomic E-state index is 12.2. The Hall–Kier alpha value is -1.00. The van der Waals surface area contributed by atoms with Gasteiger partial charge in [-0.25, -0.2) is 0 Å². The third-order valence-electron chi connectivity index (χ3n) is 4.67. The number of hydrogen-bond acceptors (Lipinski definition) is 3. The van der Waals surface area contributed by atoms with Crippen molar-refractivity contribution in [3.05, 3.63) is 35.9 Å². The molecule has 2 aliphatic rings. The highest BCUT2D eigenvalue weighted by Crippen LogP contribution is 2.26. The van der Waals surface area contributed by atoms with Crippen molar-refractivity contribution < 1.29 is 4.79 Å². The lowest BCUT2D eigenvalue weighted by Crippen LogP contribution is -2.48. The number of nitrogens with zero attached hydrogens (tertiary/aromatic N) is 2. The van der Waals surface area contributed by atoms with E-state index < -0.39 is 0 Å². The molecule has 1 aromatic carbocycles. The summed E-state index contributed by atoms with van der Waals surface area (Å²) in [5.74, 6) is 1.61. The highest BCUT2D eigenvalue weighted by Gasteiger charge is 2.35. The molecule has 0 saturated carbocycles. The molecule has 2 atom stereocenters. The molecule has 114 valence electrons. The zero-order chi connectivity index (χ0) is 14.7. The number of piperidine rings is 1. The van der Waals surface area contributed by atoms with Gasteiger partial charge in [0.2, 0.25) is 5.91 Å². The Morgan fingerprint density at radius 3 is 2.71 bits per heavy atom. The third kappa shape index (κ3) is 3.61. The molecule has 2 saturated heterocycles. The lowest BCUT2D eigenvalue weighted by Gasteiger charge is -2.37. The Morgan fingerprint density at radius 2 is 2.00 bits per heavy atom. The summed E-state index contributed by atoms with van der Waals surface area (Å²) < 4.78 is 0. The number of likely N-dealkylation sites (tertiary alicyclic amines) is 2. The van der Waals surface area contributed by atoms with Gasteiger partial charge in [0, 0.05) is 32.1 Å². The van der Waals surface area contributed by atoms with Crippen LogP contribution in [0.3, 0.4) is 0 Å². The van der Waals surface area contributed by atoms with Gasteiger partial charge < -0.3 is 4.90 Å². The molecule has 0 aliphatic carbocycles. The molecular weight excluding hydrogens is 280 g/mol. The van der Waals surface area contributed by atoms with Crippen LogP contribution in [0.25, 0.3) is 0 Å². The standard InChI is InChI=1S/C17H24N2OS/c20-17-9-15(13-21)11-19(17)16-7-4-8-18(12-16)10-14-5-2-1-3-6-14/h1-3,5-6,15-16,21H,4,7-13H2. The highest BCUT2D eigenvalue weighted by molar-refractivity contribution is 7.80. The quantitative estimate of drug-likeness (QED) is 0.864. The summed E-state index contributed by atoms with van der Waals surface area (Å²) in [4.78, 5) is 16.8. The van der Waals surface area contributed by atoms with Gasteiger partial charge >= 0.3 is 0 Å². The van der Waals surface area contributed by atoms with Crippen LogP contribution in [0.2, 0.25) is 0 Å². The van der Waals surface area contributed by atoms with Gasteiger partial charge in [-0.1, -0.05) is 30.3 Å². The molecular formula is C17H24N2OS. The van der Waals surface area contributed by atoms with Crippen molar-refractivity contribution in [3.8, 4) is 0 Å². The van der Waals surface area contributed by atoms with Crippen LogP contribution in [0, 0.1) is 5.92 Å². The van der Waals surface area contributed by atoms with E-state index in [4.69, 9.17) is 0 Å². The summed E-state index contributed by atoms with van der Waals surface area (Å²) in [6, 6.07) is 11.0. The second kappa shape index (κ2) is 6.84. The predicted octanol–water partition coefficient (Wildman–Crippen LogP) is 2.43. The lowest BCUT2D eigenvalue weighted by atomic mass is 10.0. The first-order valence-corrected chi connectivity index (χ1v) is 8.56. The molecule has 0 N–H and O–H groups in total. The van der Waals surface area contributed by atoms with Gasteiger partial charge in [0.1, 0.15) is 0 Å². The van der Waals surface area contributed by atoms with Gasteiger partial charge in [0.15, 0.2) is 0 Å². The fourth-order valence-electron chi connectivity index (χ4n) is 3.55. The van der Waals surface area contributed by atoms with Crippen LogP contribution in [0.15, 0.2) is 30.3 Å². The number of thiol groups is 1. The molecule has 1 amide bonds. The lowest BCUT2D eigenvalue weighted by molar-refractivity contribution is -0.130. The van der Waals surface area contributed by atoms with Gasteiger partial charge in [-0.3, -0.25) is 9.69 Å². The minimum absolute atomic E-state index is 0.334. The van der Waals surface area contributed by atoms with E-state index in [0.29, 0.717) is 24.3 Å². The van der Waals surface area contributed by atoms with Crippen LogP contribution in [0.5, 0.6) is 0 Å². The Kier molecular flexibility index (Phi) is 4.86. The molecule has 0 spiro atoms. The summed E-state index contributed by atoms with van der Waals surface area (Å²) in [5, 5.41) is 0. The molecule has 3 nitrogen and oxygen atoms in total. The second-order valence-electron chi connectivity index (χ2n) is 6.32. The normalized spacial score (nSPS) is 27.3. The highest BCUT2D eigenvalue weighted by atomic mass is 32.1. The van der Waals surface area contributed by atoms with Crippen molar-refractivity contribution in [2.24, 2.45) is 5.92 Å². The largest absolute Gasteiger partial charge is 0.338 e. The summed E-state index contributed by atoms with van der Waals surface area (Å²) in [6.07, 6.45) is 3.03. The monoisotopic (exact) mass is 304 g/mol. The zero-order valence-corrected chi connectivity index (χ0v) is 13.3. The molecule has 0 radical (unpaired) electrons. The summed E-state index contributed by atoms with van der Waals surface area (Å²) >= 11 is 4.36. The minimum Gasteiger partial charge on any atom is -0.338 e. The van der Waals surface area contributed by atoms with Crippen molar-refractivity contribution in [1.82, 2.24) is 9.80 Å². The fraction of sp³-hybridized carbons (Fsp3) is 0.588. The molecule has 2 fully saturated rings. The van der Waals surface area contributed by atoms with Crippen LogP contribution < -0.4 is 0 Å². The van der Waals surface area contributed by atoms with Crippen molar-refractivity contribution in [1.29, 1.82) is 0 Å². The van der Waals surface area contributed by atoms with Gasteiger partial charge in [-0.15, -0.1) is 0 Å². The summed E-state index contributed by atoms with van der Waals surface area (Å²) in [6.45, 7) is 4.06. The Labute approximate surface area is 132 Å². The van der Waals surface area contributed by atoms with Crippen LogP contribution in [-0.4, -0.2) is 47.1 Å². The molecule has 0 aromatic heterocycles. The van der Waals surface area contributed by atoms with Crippen LogP contribution >= 0.6 is 12.6 Å². The molecule has 2 aliphatic heterocycles. The van der Waals surface area contributed by atoms with Crippen molar-refractivity contribution in [3.63, 3.8) is 0 Å². The first kappa shape index (κ1) is 14.9. The number of amides is 1. The first-order valence-electron chi connectivity index (χ1n) is 7.93. The molecule has 2 heterocycles. The van der Waals surface area contributed by atoms with Crippen LogP contribution in [-0.2, 0) is 11.3 Å². The van der Waals surface area contributed by atoms with Crippen LogP contribution in [0.4, 0.5) is 0 Å². The summed E-state index contributed by atoms with van der Waals surface area (Å²) in [5.41, 5.74) is 1.36. The predicted molar refractivity (Wildman–Crippen MR) is 88.4 cm³/mol. The molecule has 0 bridgehead atoms. The number of carbonyl (C=O) groups excluding carboxylic acids is 1. The summed E-state index contributed by atoms with van der Waals surface area (Å²) in [7, 11) is 0. The van der Waals surface area contributed by atoms with E-state index in [1.807, 2.05) is 0 Å². The first-order chi connectivity index (χ1) is 10.3. The van der Waals surface area contributed by atoms with Gasteiger partial charge in [0.05, 0.1) is 0 Å². The van der Waals surface area contributed by atoms with E-state index in [-0.39, 0.29) is 0 Å². The maximum absolute atomic E-state index is 12.2. The molecule has 1 aromatic rings. The van der Waals surface area contributed by atoms with Crippen molar-refractivity contribution in [2.45, 2.75) is 31.8 Å². The minimum atomic E-state index is 0.334. The van der Waals surface area contributed by atoms with E-state index in [1.165, 1.54) is 12.0 Å². The zero-order valence-electron chi connectivity index (χ0n) is 12.4. The van der Waals surface area contributed by atoms with Crippen molar-refractivity contribution in [2.75, 3.05) is 25.4 Å². The second-order valence-corrected chi connectivity index (χ2v) is 6.68. The average molecular weight is 304 g/mol. The molecule has 21 heavy (non-hydrogen) atoms. The van der Waals surface area contributed by atoms with Gasteiger partial charge in [-0.2, -0.15) is 12.6 Å². The van der Waals surface area contributed by atoms with E-state index in [9.17, 15) is 4.79 Å². The van der Waals surface area contributed by atoms with Gasteiger partial charge in [0.25, 0.3) is 0 Å². The van der Waals surface area contributed by atoms with E-state index in [2.05, 4.69) is 52.8 Å². The van der Waals surface area contributed by atoms with Gasteiger partial charge in [-0.05, 0) is 36.6 Å². The fourth-order valence-corrected chi connectivity index (χ4v) is 3.80. The Morgan fingerprint density at radius 1 is 1.19 bits per heavy atom. The average Bonchev–Trinajstić information content (AvgIpc) is 2.90. The van der Waals surface area contributed by atoms with Crippen molar-refractivity contribution >= 4 is 18.5 Å². The Balaban J connectivity index is 1.59. The van der Waals surface area contributed by atoms with E-state index >= 15 is 0 Å². The number of rotatable bonds is 4. The van der Waals surface area contributed by atoms with E-state index in [1.54, 1.807) is 0 Å². The molecule has 4 heteroatoms. The van der Waals surface area contributed by atoms with E-state index in [0.717, 1.165) is 38.4 Å². The maximum Gasteiger partial charge on any atom is 0.223 e. The number of benzene rings is 1. The number of carbonyl (C=O) groups is 1. The molecule has 3 rings (SSSR count). The number of hydrogen-bond donors (Lipinski definition) is 1. The topological polar surface area (TPSA) is 23.6 Å². The SMILES string of the molecule is O=C1CC(CS)CN1C1CCCN(Cc2ccccc2)C1. The Bertz CT molecular complexity index is 479. The van der Waals surface area contributed by atoms with Crippen LogP contribution in [0.1, 0.15) is 24.8 Å².